The van der Waals surface area contributed by atoms with Gasteiger partial charge in [-0.05, 0) is 46.3 Å². The van der Waals surface area contributed by atoms with Gasteiger partial charge in [-0.15, -0.1) is 0 Å². The van der Waals surface area contributed by atoms with Crippen molar-refractivity contribution in [2.75, 3.05) is 5.32 Å². The summed E-state index contributed by atoms with van der Waals surface area (Å²) in [5, 5.41) is 11.2. The zero-order chi connectivity index (χ0) is 14.7. The van der Waals surface area contributed by atoms with Gasteiger partial charge in [0.25, 0.3) is 5.91 Å². The number of hydrogen-bond donors (Lipinski definition) is 2. The maximum Gasteiger partial charge on any atom is 0.338 e. The van der Waals surface area contributed by atoms with E-state index in [9.17, 15) is 14.0 Å². The largest absolute Gasteiger partial charge is 0.478 e. The smallest absolute Gasteiger partial charge is 0.338 e. The van der Waals surface area contributed by atoms with E-state index in [1.165, 1.54) is 12.3 Å². The number of nitrogens with one attached hydrogen (secondary N) is 1. The Balaban J connectivity index is 2.23. The Kier molecular flexibility index (Phi) is 4.09. The number of carboxylic acid groups (broad SMARTS) is 1. The summed E-state index contributed by atoms with van der Waals surface area (Å²) in [6.07, 6.45) is 1.52. The van der Waals surface area contributed by atoms with Crippen molar-refractivity contribution in [3.8, 4) is 0 Å². The summed E-state index contributed by atoms with van der Waals surface area (Å²) in [6, 6.07) is 6.49. The molecule has 1 aromatic carbocycles. The van der Waals surface area contributed by atoms with Gasteiger partial charge in [0.2, 0.25) is 0 Å². The number of rotatable bonds is 3. The molecule has 0 fully saturated rings. The van der Waals surface area contributed by atoms with Gasteiger partial charge in [0.05, 0.1) is 11.1 Å². The lowest BCUT2D eigenvalue weighted by Crippen LogP contribution is -2.13. The van der Waals surface area contributed by atoms with Crippen molar-refractivity contribution in [2.45, 2.75) is 0 Å². The number of carbonyl (C=O) groups is 2. The molecule has 0 saturated heterocycles. The van der Waals surface area contributed by atoms with Crippen molar-refractivity contribution in [3.05, 3.63) is 58.1 Å². The highest BCUT2D eigenvalue weighted by Crippen LogP contribution is 2.18. The number of carbonyl (C=O) groups excluding carboxylic acids is 1. The maximum atomic E-state index is 13.5. The minimum atomic E-state index is -1.37. The van der Waals surface area contributed by atoms with Crippen molar-refractivity contribution in [1.29, 1.82) is 0 Å². The SMILES string of the molecule is O=C(O)c1ccc(NC(=O)c2cccnc2Br)cc1F. The Morgan fingerprint density at radius 3 is 2.60 bits per heavy atom. The molecule has 1 amide bonds. The molecule has 0 aliphatic rings. The predicted octanol–water partition coefficient (Wildman–Crippen LogP) is 2.93. The number of amides is 1. The van der Waals surface area contributed by atoms with Crippen molar-refractivity contribution in [1.82, 2.24) is 4.98 Å². The molecule has 2 rings (SSSR count). The van der Waals surface area contributed by atoms with Gasteiger partial charge < -0.3 is 10.4 Å². The van der Waals surface area contributed by atoms with Crippen LogP contribution in [0.1, 0.15) is 20.7 Å². The van der Waals surface area contributed by atoms with Gasteiger partial charge in [-0.1, -0.05) is 0 Å². The zero-order valence-electron chi connectivity index (χ0n) is 9.93. The Morgan fingerprint density at radius 2 is 2.00 bits per heavy atom. The molecule has 102 valence electrons. The van der Waals surface area contributed by atoms with Crippen LogP contribution in [0.5, 0.6) is 0 Å². The quantitative estimate of drug-likeness (QED) is 0.843. The molecule has 0 unspecified atom stereocenters. The number of nitrogens with zero attached hydrogens (tertiary/aromatic N) is 1. The summed E-state index contributed by atoms with van der Waals surface area (Å²) in [5.74, 6) is -2.76. The topological polar surface area (TPSA) is 79.3 Å². The lowest BCUT2D eigenvalue weighted by atomic mass is 10.2. The Labute approximate surface area is 121 Å². The minimum absolute atomic E-state index is 0.160. The number of halogens is 2. The zero-order valence-corrected chi connectivity index (χ0v) is 11.5. The summed E-state index contributed by atoms with van der Waals surface area (Å²) < 4.78 is 13.8. The van der Waals surface area contributed by atoms with E-state index in [1.807, 2.05) is 0 Å². The molecular weight excluding hydrogens is 331 g/mol. The van der Waals surface area contributed by atoms with Crippen LogP contribution in [0.2, 0.25) is 0 Å². The van der Waals surface area contributed by atoms with Gasteiger partial charge in [0.1, 0.15) is 10.4 Å². The lowest BCUT2D eigenvalue weighted by molar-refractivity contribution is 0.0692. The van der Waals surface area contributed by atoms with E-state index in [1.54, 1.807) is 12.1 Å². The highest BCUT2D eigenvalue weighted by atomic mass is 79.9. The lowest BCUT2D eigenvalue weighted by Gasteiger charge is -2.07. The van der Waals surface area contributed by atoms with Crippen molar-refractivity contribution in [3.63, 3.8) is 0 Å². The molecule has 7 heteroatoms. The number of aromatic nitrogens is 1. The summed E-state index contributed by atoms with van der Waals surface area (Å²) in [5.41, 5.74) is -0.00553. The number of benzene rings is 1. The molecule has 1 heterocycles. The van der Waals surface area contributed by atoms with Crippen LogP contribution in [0.4, 0.5) is 10.1 Å². The van der Waals surface area contributed by atoms with E-state index in [4.69, 9.17) is 5.11 Å². The normalized spacial score (nSPS) is 10.1. The van der Waals surface area contributed by atoms with Gasteiger partial charge in [-0.25, -0.2) is 14.2 Å². The fourth-order valence-electron chi connectivity index (χ4n) is 1.52. The molecule has 0 aliphatic heterocycles. The van der Waals surface area contributed by atoms with E-state index >= 15 is 0 Å². The van der Waals surface area contributed by atoms with Gasteiger partial charge in [-0.3, -0.25) is 4.79 Å². The Morgan fingerprint density at radius 1 is 1.25 bits per heavy atom. The second-order valence-electron chi connectivity index (χ2n) is 3.80. The van der Waals surface area contributed by atoms with Crippen LogP contribution in [0.15, 0.2) is 41.1 Å². The van der Waals surface area contributed by atoms with E-state index in [2.05, 4.69) is 26.2 Å². The van der Waals surface area contributed by atoms with Crippen LogP contribution in [0, 0.1) is 5.82 Å². The summed E-state index contributed by atoms with van der Waals surface area (Å²) in [7, 11) is 0. The average molecular weight is 339 g/mol. The van der Waals surface area contributed by atoms with Crippen molar-refractivity contribution < 1.29 is 19.1 Å². The maximum absolute atomic E-state index is 13.5. The third-order valence-electron chi connectivity index (χ3n) is 2.46. The first-order chi connectivity index (χ1) is 9.49. The monoisotopic (exact) mass is 338 g/mol. The molecular formula is C13H8BrFN2O3. The van der Waals surface area contributed by atoms with Crippen LogP contribution >= 0.6 is 15.9 Å². The molecule has 2 N–H and O–H groups in total. The number of aromatic carboxylic acids is 1. The molecule has 20 heavy (non-hydrogen) atoms. The molecule has 0 saturated carbocycles. The molecule has 0 aliphatic carbocycles. The van der Waals surface area contributed by atoms with Gasteiger partial charge in [0.15, 0.2) is 0 Å². The van der Waals surface area contributed by atoms with Gasteiger partial charge in [-0.2, -0.15) is 0 Å². The molecule has 0 bridgehead atoms. The fraction of sp³-hybridized carbons (Fsp3) is 0. The van der Waals surface area contributed by atoms with Crippen LogP contribution in [-0.4, -0.2) is 22.0 Å². The van der Waals surface area contributed by atoms with E-state index in [0.717, 1.165) is 12.1 Å². The number of carboxylic acids is 1. The van der Waals surface area contributed by atoms with Crippen LogP contribution in [-0.2, 0) is 0 Å². The fourth-order valence-corrected chi connectivity index (χ4v) is 1.95. The minimum Gasteiger partial charge on any atom is -0.478 e. The van der Waals surface area contributed by atoms with E-state index < -0.39 is 23.3 Å². The van der Waals surface area contributed by atoms with E-state index in [-0.39, 0.29) is 11.3 Å². The first-order valence-corrected chi connectivity index (χ1v) is 6.23. The van der Waals surface area contributed by atoms with Crippen LogP contribution in [0.3, 0.4) is 0 Å². The average Bonchev–Trinajstić information content (AvgIpc) is 2.38. The van der Waals surface area contributed by atoms with Crippen molar-refractivity contribution >= 4 is 33.5 Å². The highest BCUT2D eigenvalue weighted by molar-refractivity contribution is 9.10. The second-order valence-corrected chi connectivity index (χ2v) is 4.55. The molecule has 1 aromatic heterocycles. The molecule has 0 radical (unpaired) electrons. The standard InChI is InChI=1S/C13H8BrFN2O3/c14-11-9(2-1-5-16-11)12(18)17-7-3-4-8(13(19)20)10(15)6-7/h1-6H,(H,17,18)(H,19,20). The van der Waals surface area contributed by atoms with Gasteiger partial charge in [0, 0.05) is 11.9 Å². The summed E-state index contributed by atoms with van der Waals surface area (Å²) in [6.45, 7) is 0. The predicted molar refractivity (Wildman–Crippen MR) is 73.2 cm³/mol. The number of hydrogen-bond acceptors (Lipinski definition) is 3. The Hall–Kier alpha value is -2.28. The third-order valence-corrected chi connectivity index (χ3v) is 3.09. The van der Waals surface area contributed by atoms with Crippen LogP contribution in [0.25, 0.3) is 0 Å². The van der Waals surface area contributed by atoms with Crippen LogP contribution < -0.4 is 5.32 Å². The molecule has 0 spiro atoms. The first-order valence-electron chi connectivity index (χ1n) is 5.44. The molecule has 0 atom stereocenters. The Bertz CT molecular complexity index is 691. The first kappa shape index (κ1) is 14.1. The number of pyridine rings is 1. The van der Waals surface area contributed by atoms with Gasteiger partial charge >= 0.3 is 5.97 Å². The highest BCUT2D eigenvalue weighted by Gasteiger charge is 2.14. The van der Waals surface area contributed by atoms with Crippen molar-refractivity contribution in [2.24, 2.45) is 0 Å². The summed E-state index contributed by atoms with van der Waals surface area (Å²) in [4.78, 5) is 26.5. The van der Waals surface area contributed by atoms with E-state index in [0.29, 0.717) is 4.60 Å². The second kappa shape index (κ2) is 5.79. The number of anilines is 1. The molecule has 5 nitrogen and oxygen atoms in total. The summed E-state index contributed by atoms with van der Waals surface area (Å²) >= 11 is 3.13. The molecule has 2 aromatic rings. The third kappa shape index (κ3) is 3.00.